The number of ether oxygens (including phenoxy) is 2. The Kier molecular flexibility index (Phi) is 9.51. The zero-order valence-corrected chi connectivity index (χ0v) is 18.3. The van der Waals surface area contributed by atoms with Gasteiger partial charge in [-0.05, 0) is 18.2 Å². The van der Waals surface area contributed by atoms with E-state index in [1.165, 1.54) is 0 Å². The Morgan fingerprint density at radius 3 is 2.39 bits per heavy atom. The molecule has 0 aliphatic carbocycles. The van der Waals surface area contributed by atoms with Crippen LogP contribution in [0.25, 0.3) is 10.9 Å². The standard InChI is InChI=1S/C20H27ClN2O3S2/c21-18-14-16(20(24)19-17(18)2-1-3-22-19)15-23-4-10-27-12-8-25-6-7-26-9-13-28-11-5-23/h1-3,14,24H,4-13,15H2. The van der Waals surface area contributed by atoms with Crippen molar-refractivity contribution >= 4 is 46.0 Å². The number of hydrogen-bond acceptors (Lipinski definition) is 7. The lowest BCUT2D eigenvalue weighted by Gasteiger charge is -2.23. The minimum absolute atomic E-state index is 0.234. The molecule has 5 nitrogen and oxygen atoms in total. The second-order valence-electron chi connectivity index (χ2n) is 6.49. The molecule has 0 bridgehead atoms. The van der Waals surface area contributed by atoms with E-state index in [-0.39, 0.29) is 5.75 Å². The average Bonchev–Trinajstić information content (AvgIpc) is 2.72. The summed E-state index contributed by atoms with van der Waals surface area (Å²) in [5.41, 5.74) is 1.40. The van der Waals surface area contributed by atoms with Gasteiger partial charge < -0.3 is 14.6 Å². The summed E-state index contributed by atoms with van der Waals surface area (Å²) in [6.45, 7) is 5.44. The largest absolute Gasteiger partial charge is 0.505 e. The fourth-order valence-electron chi connectivity index (χ4n) is 3.02. The lowest BCUT2D eigenvalue weighted by atomic mass is 10.1. The maximum Gasteiger partial charge on any atom is 0.146 e. The lowest BCUT2D eigenvalue weighted by Crippen LogP contribution is -2.28. The van der Waals surface area contributed by atoms with Gasteiger partial charge in [0.05, 0.1) is 31.5 Å². The van der Waals surface area contributed by atoms with Crippen molar-refractivity contribution in [1.29, 1.82) is 0 Å². The molecule has 8 heteroatoms. The van der Waals surface area contributed by atoms with Gasteiger partial charge in [0, 0.05) is 59.8 Å². The molecule has 1 fully saturated rings. The fourth-order valence-corrected chi connectivity index (χ4v) is 4.96. The molecule has 3 rings (SSSR count). The molecule has 1 aromatic heterocycles. The van der Waals surface area contributed by atoms with Crippen LogP contribution in [0, 0.1) is 0 Å². The Morgan fingerprint density at radius 1 is 1.04 bits per heavy atom. The Hall–Kier alpha value is -0.700. The summed E-state index contributed by atoms with van der Waals surface area (Å²) in [5.74, 6) is 4.27. The van der Waals surface area contributed by atoms with E-state index in [2.05, 4.69) is 9.88 Å². The number of halogens is 1. The highest BCUT2D eigenvalue weighted by Gasteiger charge is 2.15. The van der Waals surface area contributed by atoms with E-state index in [1.54, 1.807) is 6.20 Å². The maximum absolute atomic E-state index is 10.7. The summed E-state index contributed by atoms with van der Waals surface area (Å²) < 4.78 is 11.2. The van der Waals surface area contributed by atoms with E-state index in [1.807, 2.05) is 41.7 Å². The van der Waals surface area contributed by atoms with Crippen LogP contribution >= 0.6 is 35.1 Å². The summed E-state index contributed by atoms with van der Waals surface area (Å²) >= 11 is 10.2. The number of hydrogen-bond donors (Lipinski definition) is 1. The van der Waals surface area contributed by atoms with E-state index in [0.717, 1.165) is 60.3 Å². The zero-order valence-electron chi connectivity index (χ0n) is 15.9. The maximum atomic E-state index is 10.7. The van der Waals surface area contributed by atoms with Crippen LogP contribution in [0.15, 0.2) is 24.4 Å². The van der Waals surface area contributed by atoms with Gasteiger partial charge in [0.25, 0.3) is 0 Å². The molecule has 1 aliphatic rings. The van der Waals surface area contributed by atoms with Gasteiger partial charge in [-0.3, -0.25) is 9.88 Å². The molecular formula is C20H27ClN2O3S2. The smallest absolute Gasteiger partial charge is 0.146 e. The molecule has 0 saturated carbocycles. The molecule has 0 amide bonds. The molecule has 1 aliphatic heterocycles. The van der Waals surface area contributed by atoms with Crippen molar-refractivity contribution in [2.24, 2.45) is 0 Å². The summed E-state index contributed by atoms with van der Waals surface area (Å²) in [6.07, 6.45) is 1.68. The van der Waals surface area contributed by atoms with Crippen LogP contribution in [0.3, 0.4) is 0 Å². The van der Waals surface area contributed by atoms with Gasteiger partial charge >= 0.3 is 0 Å². The molecular weight excluding hydrogens is 416 g/mol. The number of aromatic hydroxyl groups is 1. The van der Waals surface area contributed by atoms with E-state index in [4.69, 9.17) is 21.1 Å². The molecule has 0 unspecified atom stereocenters. The first-order valence-electron chi connectivity index (χ1n) is 9.54. The number of phenols is 1. The third-order valence-corrected chi connectivity index (χ3v) is 6.67. The van der Waals surface area contributed by atoms with E-state index in [9.17, 15) is 5.11 Å². The molecule has 28 heavy (non-hydrogen) atoms. The van der Waals surface area contributed by atoms with Crippen molar-refractivity contribution in [3.8, 4) is 5.75 Å². The van der Waals surface area contributed by atoms with Crippen LogP contribution in [-0.4, -0.2) is 77.5 Å². The minimum Gasteiger partial charge on any atom is -0.505 e. The van der Waals surface area contributed by atoms with Crippen molar-refractivity contribution in [2.45, 2.75) is 6.54 Å². The van der Waals surface area contributed by atoms with Crippen LogP contribution in [0.2, 0.25) is 5.02 Å². The number of aromatic nitrogens is 1. The number of benzene rings is 1. The molecule has 1 saturated heterocycles. The van der Waals surface area contributed by atoms with Crippen LogP contribution < -0.4 is 0 Å². The second kappa shape index (κ2) is 12.1. The molecule has 0 atom stereocenters. The van der Waals surface area contributed by atoms with Gasteiger partial charge in [-0.1, -0.05) is 11.6 Å². The third kappa shape index (κ3) is 6.68. The minimum atomic E-state index is 0.234. The number of rotatable bonds is 2. The highest BCUT2D eigenvalue weighted by molar-refractivity contribution is 7.99. The predicted octanol–water partition coefficient (Wildman–Crippen LogP) is 3.91. The van der Waals surface area contributed by atoms with Crippen LogP contribution in [-0.2, 0) is 16.0 Å². The molecule has 154 valence electrons. The second-order valence-corrected chi connectivity index (χ2v) is 9.35. The monoisotopic (exact) mass is 442 g/mol. The first-order chi connectivity index (χ1) is 13.8. The Morgan fingerprint density at radius 2 is 1.71 bits per heavy atom. The Labute approximate surface area is 180 Å². The van der Waals surface area contributed by atoms with Gasteiger partial charge in [0.1, 0.15) is 11.3 Å². The summed E-state index contributed by atoms with van der Waals surface area (Å²) in [7, 11) is 0. The van der Waals surface area contributed by atoms with Crippen LogP contribution in [0.1, 0.15) is 5.56 Å². The molecule has 0 radical (unpaired) electrons. The molecule has 1 aromatic carbocycles. The number of phenolic OH excluding ortho intramolecular Hbond substituents is 1. The first-order valence-corrected chi connectivity index (χ1v) is 12.2. The van der Waals surface area contributed by atoms with Crippen LogP contribution in [0.4, 0.5) is 0 Å². The normalized spacial score (nSPS) is 19.2. The van der Waals surface area contributed by atoms with E-state index >= 15 is 0 Å². The lowest BCUT2D eigenvalue weighted by molar-refractivity contribution is 0.0605. The van der Waals surface area contributed by atoms with Crippen molar-refractivity contribution in [2.75, 3.05) is 62.5 Å². The SMILES string of the molecule is Oc1c(CN2CCSCCOCCOCCSCC2)cc(Cl)c2cccnc12. The Bertz CT molecular complexity index is 735. The molecule has 0 spiro atoms. The third-order valence-electron chi connectivity index (χ3n) is 4.51. The van der Waals surface area contributed by atoms with Crippen molar-refractivity contribution < 1.29 is 14.6 Å². The quantitative estimate of drug-likeness (QED) is 0.756. The van der Waals surface area contributed by atoms with Gasteiger partial charge in [0.2, 0.25) is 0 Å². The van der Waals surface area contributed by atoms with Crippen LogP contribution in [0.5, 0.6) is 5.75 Å². The number of pyridine rings is 1. The fraction of sp³-hybridized carbons (Fsp3) is 0.550. The molecule has 1 N–H and O–H groups in total. The number of thioether (sulfide) groups is 2. The predicted molar refractivity (Wildman–Crippen MR) is 120 cm³/mol. The highest BCUT2D eigenvalue weighted by Crippen LogP contribution is 2.33. The summed E-state index contributed by atoms with van der Waals surface area (Å²) in [5, 5.41) is 12.1. The molecule has 2 aromatic rings. The van der Waals surface area contributed by atoms with Gasteiger partial charge in [-0.25, -0.2) is 0 Å². The summed E-state index contributed by atoms with van der Waals surface area (Å²) in [4.78, 5) is 6.69. The zero-order chi connectivity index (χ0) is 19.6. The van der Waals surface area contributed by atoms with Crippen molar-refractivity contribution in [3.63, 3.8) is 0 Å². The van der Waals surface area contributed by atoms with Crippen molar-refractivity contribution in [3.05, 3.63) is 35.0 Å². The topological polar surface area (TPSA) is 54.8 Å². The van der Waals surface area contributed by atoms with Gasteiger partial charge in [-0.15, -0.1) is 0 Å². The van der Waals surface area contributed by atoms with Crippen molar-refractivity contribution in [1.82, 2.24) is 9.88 Å². The van der Waals surface area contributed by atoms with Gasteiger partial charge in [0.15, 0.2) is 0 Å². The number of fused-ring (bicyclic) bond motifs is 1. The average molecular weight is 443 g/mol. The number of nitrogens with zero attached hydrogens (tertiary/aromatic N) is 2. The Balaban J connectivity index is 1.66. The molecule has 2 heterocycles. The summed E-state index contributed by atoms with van der Waals surface area (Å²) in [6, 6.07) is 5.59. The van der Waals surface area contributed by atoms with E-state index < -0.39 is 0 Å². The van der Waals surface area contributed by atoms with E-state index in [0.29, 0.717) is 30.3 Å². The highest BCUT2D eigenvalue weighted by atomic mass is 35.5. The van der Waals surface area contributed by atoms with Gasteiger partial charge in [-0.2, -0.15) is 23.5 Å². The first kappa shape index (κ1) is 22.0.